The standard InChI is InChI=1S/C18H23NOS.C3H6O2/c1-4-7-14(2)18-19-17(13-21-18)11-10-15-8-5-6-9-16(15)12-20-3;1-3(4)5-2/h5-6,8-15H,4,7H2,1-3H3;1-2H3/b11-10-,16-12+;. The van der Waals surface area contributed by atoms with E-state index < -0.39 is 0 Å². The third-order valence-electron chi connectivity index (χ3n) is 3.80. The molecule has 1 aliphatic rings. The Morgan fingerprint density at radius 2 is 2.12 bits per heavy atom. The summed E-state index contributed by atoms with van der Waals surface area (Å²) in [6.45, 7) is 5.83. The van der Waals surface area contributed by atoms with E-state index in [1.165, 1.54) is 31.9 Å². The lowest BCUT2D eigenvalue weighted by atomic mass is 9.95. The second kappa shape index (κ2) is 12.3. The zero-order valence-corrected chi connectivity index (χ0v) is 17.1. The lowest BCUT2D eigenvalue weighted by molar-refractivity contribution is -0.137. The first kappa shape index (κ1) is 21.9. The Hall–Kier alpha value is -2.14. The third-order valence-corrected chi connectivity index (χ3v) is 4.90. The van der Waals surface area contributed by atoms with E-state index in [-0.39, 0.29) is 11.9 Å². The van der Waals surface area contributed by atoms with Gasteiger partial charge in [-0.05, 0) is 18.1 Å². The van der Waals surface area contributed by atoms with Gasteiger partial charge >= 0.3 is 5.97 Å². The number of ether oxygens (including phenoxy) is 2. The molecule has 2 rings (SSSR count). The van der Waals surface area contributed by atoms with Crippen LogP contribution in [0, 0.1) is 5.92 Å². The molecule has 4 nitrogen and oxygen atoms in total. The molecule has 1 aliphatic carbocycles. The molecule has 0 aliphatic heterocycles. The molecule has 0 saturated heterocycles. The number of carbonyl (C=O) groups excluding carboxylic acids is 1. The number of rotatable bonds is 6. The van der Waals surface area contributed by atoms with Crippen molar-refractivity contribution in [3.05, 3.63) is 58.3 Å². The molecule has 142 valence electrons. The lowest BCUT2D eigenvalue weighted by Crippen LogP contribution is -1.98. The highest BCUT2D eigenvalue weighted by atomic mass is 32.1. The Kier molecular flexibility index (Phi) is 10.3. The van der Waals surface area contributed by atoms with Crippen LogP contribution in [0.5, 0.6) is 0 Å². The minimum atomic E-state index is -0.245. The van der Waals surface area contributed by atoms with Crippen LogP contribution in [0.3, 0.4) is 0 Å². The van der Waals surface area contributed by atoms with Crippen LogP contribution in [0.4, 0.5) is 0 Å². The van der Waals surface area contributed by atoms with E-state index in [1.807, 2.05) is 6.08 Å². The maximum absolute atomic E-state index is 9.59. The highest BCUT2D eigenvalue weighted by molar-refractivity contribution is 7.09. The summed E-state index contributed by atoms with van der Waals surface area (Å²) in [4.78, 5) is 14.3. The van der Waals surface area contributed by atoms with Gasteiger partial charge in [-0.3, -0.25) is 4.79 Å². The fraction of sp³-hybridized carbons (Fsp3) is 0.429. The van der Waals surface area contributed by atoms with E-state index in [9.17, 15) is 4.79 Å². The highest BCUT2D eigenvalue weighted by Crippen LogP contribution is 2.26. The zero-order valence-electron chi connectivity index (χ0n) is 16.3. The van der Waals surface area contributed by atoms with Gasteiger partial charge in [0.1, 0.15) is 0 Å². The van der Waals surface area contributed by atoms with E-state index in [0.29, 0.717) is 5.92 Å². The average Bonchev–Trinajstić information content (AvgIpc) is 3.11. The van der Waals surface area contributed by atoms with E-state index in [0.717, 1.165) is 11.3 Å². The van der Waals surface area contributed by atoms with Crippen molar-refractivity contribution in [3.63, 3.8) is 0 Å². The number of allylic oxidation sites excluding steroid dienone is 6. The molecule has 5 heteroatoms. The van der Waals surface area contributed by atoms with Gasteiger partial charge in [0.05, 0.1) is 31.2 Å². The van der Waals surface area contributed by atoms with Gasteiger partial charge in [-0.2, -0.15) is 0 Å². The Morgan fingerprint density at radius 3 is 2.73 bits per heavy atom. The first-order valence-electron chi connectivity index (χ1n) is 8.77. The zero-order chi connectivity index (χ0) is 19.4. The highest BCUT2D eigenvalue weighted by Gasteiger charge is 2.10. The first-order chi connectivity index (χ1) is 12.5. The van der Waals surface area contributed by atoms with Crippen LogP contribution in [0.1, 0.15) is 50.2 Å². The summed E-state index contributed by atoms with van der Waals surface area (Å²) in [5, 5.41) is 3.38. The maximum Gasteiger partial charge on any atom is 0.302 e. The molecule has 0 N–H and O–H groups in total. The Morgan fingerprint density at radius 1 is 1.38 bits per heavy atom. The number of methoxy groups -OCH3 is 2. The molecule has 2 atom stereocenters. The summed E-state index contributed by atoms with van der Waals surface area (Å²) < 4.78 is 9.24. The fourth-order valence-corrected chi connectivity index (χ4v) is 3.25. The molecule has 0 spiro atoms. The quantitative estimate of drug-likeness (QED) is 0.486. The molecule has 0 bridgehead atoms. The van der Waals surface area contributed by atoms with Gasteiger partial charge in [0.2, 0.25) is 0 Å². The van der Waals surface area contributed by atoms with Gasteiger partial charge in [0.25, 0.3) is 0 Å². The summed E-state index contributed by atoms with van der Waals surface area (Å²) in [7, 11) is 3.03. The van der Waals surface area contributed by atoms with E-state index >= 15 is 0 Å². The van der Waals surface area contributed by atoms with Gasteiger partial charge in [-0.25, -0.2) is 4.98 Å². The van der Waals surface area contributed by atoms with Crippen molar-refractivity contribution in [3.8, 4) is 0 Å². The van der Waals surface area contributed by atoms with Gasteiger partial charge < -0.3 is 9.47 Å². The summed E-state index contributed by atoms with van der Waals surface area (Å²) >= 11 is 1.76. The molecule has 1 aromatic rings. The number of hydrogen-bond acceptors (Lipinski definition) is 5. The van der Waals surface area contributed by atoms with Crippen LogP contribution >= 0.6 is 11.3 Å². The minimum Gasteiger partial charge on any atom is -0.504 e. The maximum atomic E-state index is 9.59. The number of nitrogens with zero attached hydrogens (tertiary/aromatic N) is 1. The number of aromatic nitrogens is 1. The van der Waals surface area contributed by atoms with Crippen LogP contribution in [0.15, 0.2) is 47.6 Å². The fourth-order valence-electron chi connectivity index (χ4n) is 2.36. The van der Waals surface area contributed by atoms with Crippen molar-refractivity contribution in [1.29, 1.82) is 0 Å². The van der Waals surface area contributed by atoms with Crippen LogP contribution in [0.25, 0.3) is 6.08 Å². The third kappa shape index (κ3) is 7.83. The topological polar surface area (TPSA) is 48.4 Å². The molecule has 0 amide bonds. The first-order valence-corrected chi connectivity index (χ1v) is 9.65. The summed E-state index contributed by atoms with van der Waals surface area (Å²) in [5.74, 6) is 0.571. The average molecular weight is 376 g/mol. The Bertz CT molecular complexity index is 671. The molecular weight excluding hydrogens is 346 g/mol. The molecule has 2 unspecified atom stereocenters. The SMILES string of the molecule is CCCC(C)c1nc(/C=C\C2C=CC=C/C2=C\OC)cs1.COC(C)=O. The monoisotopic (exact) mass is 375 g/mol. The van der Waals surface area contributed by atoms with Gasteiger partial charge in [-0.1, -0.05) is 50.6 Å². The molecule has 0 radical (unpaired) electrons. The van der Waals surface area contributed by atoms with Crippen molar-refractivity contribution in [2.24, 2.45) is 5.92 Å². The number of carbonyl (C=O) groups is 1. The van der Waals surface area contributed by atoms with Crippen LogP contribution < -0.4 is 0 Å². The summed E-state index contributed by atoms with van der Waals surface area (Å²) in [6, 6.07) is 0. The van der Waals surface area contributed by atoms with Crippen LogP contribution in [0.2, 0.25) is 0 Å². The smallest absolute Gasteiger partial charge is 0.302 e. The molecule has 0 saturated carbocycles. The lowest BCUT2D eigenvalue weighted by Gasteiger charge is -2.11. The van der Waals surface area contributed by atoms with Gasteiger partial charge in [-0.15, -0.1) is 11.3 Å². The molecule has 0 fully saturated rings. The Balaban J connectivity index is 0.000000597. The summed E-state index contributed by atoms with van der Waals surface area (Å²) in [6.07, 6.45) is 16.8. The molecule has 0 aromatic carbocycles. The van der Waals surface area contributed by atoms with Crippen LogP contribution in [-0.2, 0) is 14.3 Å². The molecule has 1 heterocycles. The number of hydrogen-bond donors (Lipinski definition) is 0. The Labute approximate surface area is 160 Å². The predicted molar refractivity (Wildman–Crippen MR) is 109 cm³/mol. The van der Waals surface area contributed by atoms with Gasteiger partial charge in [0.15, 0.2) is 0 Å². The molecule has 1 aromatic heterocycles. The van der Waals surface area contributed by atoms with Crippen molar-refractivity contribution in [1.82, 2.24) is 4.98 Å². The van der Waals surface area contributed by atoms with Crippen molar-refractivity contribution >= 4 is 23.4 Å². The number of esters is 1. The normalized spacial score (nSPS) is 18.5. The number of thiazole rings is 1. The summed E-state index contributed by atoms with van der Waals surface area (Å²) in [5.41, 5.74) is 2.21. The van der Waals surface area contributed by atoms with Crippen LogP contribution in [-0.4, -0.2) is 25.2 Å². The van der Waals surface area contributed by atoms with Crippen molar-refractivity contribution in [2.45, 2.75) is 39.5 Å². The second-order valence-electron chi connectivity index (χ2n) is 5.98. The molecular formula is C21H29NO3S. The van der Waals surface area contributed by atoms with Crippen molar-refractivity contribution in [2.75, 3.05) is 14.2 Å². The van der Waals surface area contributed by atoms with E-state index in [2.05, 4.69) is 54.3 Å². The second-order valence-corrected chi connectivity index (χ2v) is 6.87. The molecule has 26 heavy (non-hydrogen) atoms. The largest absolute Gasteiger partial charge is 0.504 e. The minimum absolute atomic E-state index is 0.245. The predicted octanol–water partition coefficient (Wildman–Crippen LogP) is 5.51. The van der Waals surface area contributed by atoms with Gasteiger partial charge in [0, 0.05) is 24.1 Å². The van der Waals surface area contributed by atoms with E-state index in [1.54, 1.807) is 24.7 Å². The van der Waals surface area contributed by atoms with Crippen molar-refractivity contribution < 1.29 is 14.3 Å². The van der Waals surface area contributed by atoms with E-state index in [4.69, 9.17) is 9.72 Å².